The number of nitrogens with two attached hydrogens (primary N) is 1. The largest absolute Gasteiger partial charge is 0.507 e. The molecule has 2 heteroatoms. The average molecular weight is 227 g/mol. The highest BCUT2D eigenvalue weighted by Crippen LogP contribution is 2.39. The fraction of sp³-hybridized carbons (Fsp3) is 0.333. The number of hydrogen-bond acceptors (Lipinski definition) is 2. The Kier molecular flexibility index (Phi) is 2.52. The summed E-state index contributed by atoms with van der Waals surface area (Å²) in [5, 5.41) is 11.8. The van der Waals surface area contributed by atoms with Crippen LogP contribution in [0.15, 0.2) is 36.4 Å². The van der Waals surface area contributed by atoms with Crippen LogP contribution in [0.5, 0.6) is 5.75 Å². The van der Waals surface area contributed by atoms with E-state index in [1.807, 2.05) is 30.3 Å². The van der Waals surface area contributed by atoms with Crippen molar-refractivity contribution in [1.29, 1.82) is 0 Å². The van der Waals surface area contributed by atoms with Crippen molar-refractivity contribution < 1.29 is 5.11 Å². The third kappa shape index (κ3) is 1.69. The number of benzene rings is 2. The molecule has 0 bridgehead atoms. The molecule has 0 heterocycles. The van der Waals surface area contributed by atoms with Crippen molar-refractivity contribution in [3.63, 3.8) is 0 Å². The highest BCUT2D eigenvalue weighted by atomic mass is 16.3. The summed E-state index contributed by atoms with van der Waals surface area (Å²) in [6.45, 7) is 0. The second kappa shape index (κ2) is 4.04. The molecule has 88 valence electrons. The molecule has 0 aliphatic heterocycles. The summed E-state index contributed by atoms with van der Waals surface area (Å²) in [5.74, 6) is 0.952. The van der Waals surface area contributed by atoms with Gasteiger partial charge in [-0.3, -0.25) is 0 Å². The zero-order chi connectivity index (χ0) is 11.8. The van der Waals surface area contributed by atoms with Gasteiger partial charge in [0.1, 0.15) is 5.75 Å². The minimum Gasteiger partial charge on any atom is -0.507 e. The second-order valence-electron chi connectivity index (χ2n) is 4.94. The molecule has 0 radical (unpaired) electrons. The number of phenolic OH excluding ortho intramolecular Hbond substituents is 1. The Labute approximate surface area is 101 Å². The molecule has 17 heavy (non-hydrogen) atoms. The molecule has 2 aromatic carbocycles. The predicted octanol–water partition coefficient (Wildman–Crippen LogP) is 3.35. The molecule has 3 N–H and O–H groups in total. The SMILES string of the molecule is N[C@@H](c1ccc(O)c2ccccc12)C1CCC1. The number of fused-ring (bicyclic) bond motifs is 1. The monoisotopic (exact) mass is 227 g/mol. The van der Waals surface area contributed by atoms with Gasteiger partial charge in [0.25, 0.3) is 0 Å². The van der Waals surface area contributed by atoms with Gasteiger partial charge in [0.15, 0.2) is 0 Å². The van der Waals surface area contributed by atoms with Gasteiger partial charge in [0, 0.05) is 11.4 Å². The van der Waals surface area contributed by atoms with Crippen LogP contribution in [0.3, 0.4) is 0 Å². The number of hydrogen-bond donors (Lipinski definition) is 2. The maximum Gasteiger partial charge on any atom is 0.123 e. The Morgan fingerprint density at radius 3 is 2.41 bits per heavy atom. The quantitative estimate of drug-likeness (QED) is 0.826. The lowest BCUT2D eigenvalue weighted by atomic mass is 9.77. The third-order valence-electron chi connectivity index (χ3n) is 3.95. The van der Waals surface area contributed by atoms with Crippen LogP contribution in [-0.2, 0) is 0 Å². The molecular weight excluding hydrogens is 210 g/mol. The average Bonchev–Trinajstić information content (AvgIpc) is 2.27. The Morgan fingerprint density at radius 1 is 1.06 bits per heavy atom. The van der Waals surface area contributed by atoms with Crippen LogP contribution >= 0.6 is 0 Å². The molecule has 1 fully saturated rings. The van der Waals surface area contributed by atoms with Crippen molar-refractivity contribution in [2.45, 2.75) is 25.3 Å². The Balaban J connectivity index is 2.12. The molecule has 1 saturated carbocycles. The highest BCUT2D eigenvalue weighted by Gasteiger charge is 2.26. The first-order valence-corrected chi connectivity index (χ1v) is 6.23. The topological polar surface area (TPSA) is 46.2 Å². The first kappa shape index (κ1) is 10.6. The zero-order valence-corrected chi connectivity index (χ0v) is 9.76. The van der Waals surface area contributed by atoms with Crippen LogP contribution in [0, 0.1) is 5.92 Å². The van der Waals surface area contributed by atoms with E-state index >= 15 is 0 Å². The lowest BCUT2D eigenvalue weighted by Gasteiger charge is -2.32. The first-order valence-electron chi connectivity index (χ1n) is 6.23. The molecule has 1 atom stereocenters. The lowest BCUT2D eigenvalue weighted by Crippen LogP contribution is -2.26. The summed E-state index contributed by atoms with van der Waals surface area (Å²) in [6, 6.07) is 11.8. The number of aromatic hydroxyl groups is 1. The van der Waals surface area contributed by atoms with Crippen molar-refractivity contribution in [3.8, 4) is 5.75 Å². The molecule has 2 aromatic rings. The van der Waals surface area contributed by atoms with Crippen LogP contribution in [-0.4, -0.2) is 5.11 Å². The Morgan fingerprint density at radius 2 is 1.76 bits per heavy atom. The van der Waals surface area contributed by atoms with Gasteiger partial charge in [-0.1, -0.05) is 36.8 Å². The summed E-state index contributed by atoms with van der Waals surface area (Å²) >= 11 is 0. The van der Waals surface area contributed by atoms with E-state index in [2.05, 4.69) is 0 Å². The number of rotatable bonds is 2. The maximum atomic E-state index is 9.85. The molecule has 2 nitrogen and oxygen atoms in total. The Bertz CT molecular complexity index is 546. The molecule has 0 amide bonds. The van der Waals surface area contributed by atoms with Gasteiger partial charge in [0.05, 0.1) is 0 Å². The van der Waals surface area contributed by atoms with Gasteiger partial charge in [-0.15, -0.1) is 0 Å². The van der Waals surface area contributed by atoms with E-state index in [1.165, 1.54) is 24.8 Å². The fourth-order valence-corrected chi connectivity index (χ4v) is 2.65. The molecule has 0 saturated heterocycles. The lowest BCUT2D eigenvalue weighted by molar-refractivity contribution is 0.265. The van der Waals surface area contributed by atoms with E-state index in [9.17, 15) is 5.11 Å². The van der Waals surface area contributed by atoms with Crippen molar-refractivity contribution in [2.24, 2.45) is 11.7 Å². The molecule has 0 unspecified atom stereocenters. The highest BCUT2D eigenvalue weighted by molar-refractivity contribution is 5.91. The van der Waals surface area contributed by atoms with Gasteiger partial charge in [-0.25, -0.2) is 0 Å². The van der Waals surface area contributed by atoms with Crippen LogP contribution in [0.2, 0.25) is 0 Å². The van der Waals surface area contributed by atoms with Gasteiger partial charge in [-0.05, 0) is 35.8 Å². The van der Waals surface area contributed by atoms with Crippen molar-refractivity contribution in [3.05, 3.63) is 42.0 Å². The summed E-state index contributed by atoms with van der Waals surface area (Å²) < 4.78 is 0. The van der Waals surface area contributed by atoms with Crippen LogP contribution in [0.25, 0.3) is 10.8 Å². The van der Waals surface area contributed by atoms with E-state index in [-0.39, 0.29) is 6.04 Å². The second-order valence-corrected chi connectivity index (χ2v) is 4.94. The maximum absolute atomic E-state index is 9.85. The molecule has 1 aliphatic carbocycles. The third-order valence-corrected chi connectivity index (χ3v) is 3.95. The Hall–Kier alpha value is -1.54. The van der Waals surface area contributed by atoms with Gasteiger partial charge in [-0.2, -0.15) is 0 Å². The standard InChI is InChI=1S/C15H17NO/c16-15(10-4-3-5-10)13-8-9-14(17)12-7-2-1-6-11(12)13/h1-2,6-10,15,17H,3-5,16H2/t15-/m1/s1. The van der Waals surface area contributed by atoms with E-state index < -0.39 is 0 Å². The van der Waals surface area contributed by atoms with Crippen LogP contribution < -0.4 is 5.73 Å². The van der Waals surface area contributed by atoms with E-state index in [4.69, 9.17) is 5.73 Å². The molecule has 1 aliphatic rings. The minimum absolute atomic E-state index is 0.106. The number of phenols is 1. The summed E-state index contributed by atoms with van der Waals surface area (Å²) in [5.41, 5.74) is 7.50. The summed E-state index contributed by atoms with van der Waals surface area (Å²) in [6.07, 6.45) is 3.77. The minimum atomic E-state index is 0.106. The van der Waals surface area contributed by atoms with E-state index in [0.717, 1.165) is 10.8 Å². The van der Waals surface area contributed by atoms with Gasteiger partial charge >= 0.3 is 0 Å². The first-order chi connectivity index (χ1) is 8.27. The normalized spacial score (nSPS) is 17.9. The van der Waals surface area contributed by atoms with E-state index in [1.54, 1.807) is 6.07 Å². The molecule has 0 spiro atoms. The van der Waals surface area contributed by atoms with Gasteiger partial charge in [0.2, 0.25) is 0 Å². The molecule has 0 aromatic heterocycles. The van der Waals surface area contributed by atoms with Crippen LogP contribution in [0.4, 0.5) is 0 Å². The van der Waals surface area contributed by atoms with Crippen LogP contribution in [0.1, 0.15) is 30.9 Å². The summed E-state index contributed by atoms with van der Waals surface area (Å²) in [4.78, 5) is 0. The van der Waals surface area contributed by atoms with Crippen molar-refractivity contribution in [1.82, 2.24) is 0 Å². The molecular formula is C15H17NO. The predicted molar refractivity (Wildman–Crippen MR) is 69.9 cm³/mol. The fourth-order valence-electron chi connectivity index (χ4n) is 2.65. The van der Waals surface area contributed by atoms with Gasteiger partial charge < -0.3 is 10.8 Å². The molecule has 3 rings (SSSR count). The zero-order valence-electron chi connectivity index (χ0n) is 9.76. The van der Waals surface area contributed by atoms with Crippen molar-refractivity contribution in [2.75, 3.05) is 0 Å². The summed E-state index contributed by atoms with van der Waals surface area (Å²) in [7, 11) is 0. The van der Waals surface area contributed by atoms with Crippen molar-refractivity contribution >= 4 is 10.8 Å². The van der Waals surface area contributed by atoms with E-state index in [0.29, 0.717) is 11.7 Å². The smallest absolute Gasteiger partial charge is 0.123 e.